The molecule has 2 aliphatic rings. The van der Waals surface area contributed by atoms with Crippen molar-refractivity contribution < 1.29 is 14.4 Å². The highest BCUT2D eigenvalue weighted by atomic mass is 16.5. The lowest BCUT2D eigenvalue weighted by molar-refractivity contribution is 0.0698. The molecule has 1 amide bonds. The molecule has 2 fully saturated rings. The Bertz CT molecular complexity index is 826. The van der Waals surface area contributed by atoms with Crippen LogP contribution in [0.2, 0.25) is 0 Å². The number of aromatic hydroxyl groups is 1. The summed E-state index contributed by atoms with van der Waals surface area (Å²) in [6, 6.07) is 8.79. The van der Waals surface area contributed by atoms with Crippen LogP contribution in [0.1, 0.15) is 50.5 Å². The first-order valence-corrected chi connectivity index (χ1v) is 8.83. The molecule has 0 radical (unpaired) electrons. The highest BCUT2D eigenvalue weighted by molar-refractivity contribution is 5.93. The first kappa shape index (κ1) is 16.2. The maximum absolute atomic E-state index is 13.0. The van der Waals surface area contributed by atoms with Crippen molar-refractivity contribution in [3.8, 4) is 17.1 Å². The lowest BCUT2D eigenvalue weighted by Crippen LogP contribution is -2.37. The minimum absolute atomic E-state index is 0.0724. The molecule has 5 nitrogen and oxygen atoms in total. The highest BCUT2D eigenvalue weighted by Crippen LogP contribution is 2.52. The molecule has 1 aliphatic heterocycles. The number of carbonyl (C=O) groups is 1. The van der Waals surface area contributed by atoms with Crippen molar-refractivity contribution in [3.05, 3.63) is 36.0 Å². The monoisotopic (exact) mass is 340 g/mol. The number of para-hydroxylation sites is 1. The molecule has 1 N–H and O–H groups in total. The summed E-state index contributed by atoms with van der Waals surface area (Å²) < 4.78 is 5.33. The normalized spacial score (nSPS) is 27.5. The van der Waals surface area contributed by atoms with E-state index in [0.29, 0.717) is 17.0 Å². The van der Waals surface area contributed by atoms with Gasteiger partial charge < -0.3 is 14.5 Å². The molecule has 5 heteroatoms. The van der Waals surface area contributed by atoms with E-state index in [4.69, 9.17) is 4.52 Å². The van der Waals surface area contributed by atoms with Crippen LogP contribution in [0.5, 0.6) is 5.75 Å². The maximum Gasteiger partial charge on any atom is 0.276 e. The van der Waals surface area contributed by atoms with Crippen LogP contribution in [0.4, 0.5) is 0 Å². The quantitative estimate of drug-likeness (QED) is 0.894. The predicted octanol–water partition coefficient (Wildman–Crippen LogP) is 4.09. The second kappa shape index (κ2) is 5.35. The van der Waals surface area contributed by atoms with Gasteiger partial charge in [0.05, 0.1) is 5.56 Å². The lowest BCUT2D eigenvalue weighted by Gasteiger charge is -2.39. The third-order valence-corrected chi connectivity index (χ3v) is 5.57. The first-order chi connectivity index (χ1) is 11.8. The van der Waals surface area contributed by atoms with Crippen molar-refractivity contribution in [2.24, 2.45) is 10.8 Å². The molecule has 0 spiro atoms. The molecule has 4 rings (SSSR count). The van der Waals surface area contributed by atoms with E-state index in [9.17, 15) is 9.90 Å². The van der Waals surface area contributed by atoms with E-state index in [0.717, 1.165) is 25.8 Å². The molecular formula is C20H24N2O3. The second-order valence-corrected chi connectivity index (χ2v) is 8.74. The summed E-state index contributed by atoms with van der Waals surface area (Å²) in [5.41, 5.74) is 1.30. The molecule has 2 heterocycles. The molecule has 1 saturated carbocycles. The van der Waals surface area contributed by atoms with Crippen LogP contribution in [0.15, 0.2) is 34.9 Å². The largest absolute Gasteiger partial charge is 0.507 e. The van der Waals surface area contributed by atoms with Crippen molar-refractivity contribution in [2.45, 2.75) is 46.1 Å². The van der Waals surface area contributed by atoms with Gasteiger partial charge in [0, 0.05) is 18.7 Å². The van der Waals surface area contributed by atoms with Gasteiger partial charge in [0.1, 0.15) is 5.75 Å². The van der Waals surface area contributed by atoms with Crippen LogP contribution in [-0.4, -0.2) is 33.7 Å². The molecule has 1 aliphatic carbocycles. The number of hydrogen-bond acceptors (Lipinski definition) is 4. The fraction of sp³-hybridized carbons (Fsp3) is 0.500. The zero-order valence-corrected chi connectivity index (χ0v) is 15.0. The molecule has 1 aromatic heterocycles. The van der Waals surface area contributed by atoms with Crippen molar-refractivity contribution >= 4 is 5.91 Å². The van der Waals surface area contributed by atoms with Gasteiger partial charge >= 0.3 is 0 Å². The van der Waals surface area contributed by atoms with Crippen LogP contribution in [0.3, 0.4) is 0 Å². The summed E-state index contributed by atoms with van der Waals surface area (Å²) in [6.45, 7) is 7.64. The number of likely N-dealkylation sites (tertiary alicyclic amines) is 1. The predicted molar refractivity (Wildman–Crippen MR) is 94.2 cm³/mol. The van der Waals surface area contributed by atoms with Crippen LogP contribution in [0.25, 0.3) is 11.3 Å². The Morgan fingerprint density at radius 3 is 2.80 bits per heavy atom. The molecule has 2 atom stereocenters. The van der Waals surface area contributed by atoms with E-state index >= 15 is 0 Å². The average molecular weight is 340 g/mol. The average Bonchev–Trinajstić information content (AvgIpc) is 3.09. The Morgan fingerprint density at radius 2 is 2.04 bits per heavy atom. The van der Waals surface area contributed by atoms with E-state index in [1.165, 1.54) is 0 Å². The number of aromatic nitrogens is 1. The lowest BCUT2D eigenvalue weighted by atomic mass is 9.65. The third-order valence-electron chi connectivity index (χ3n) is 5.57. The van der Waals surface area contributed by atoms with E-state index in [-0.39, 0.29) is 28.5 Å². The number of benzene rings is 1. The zero-order valence-electron chi connectivity index (χ0n) is 15.0. The number of phenolic OH excluding ortho intramolecular Hbond substituents is 1. The van der Waals surface area contributed by atoms with Crippen molar-refractivity contribution in [1.82, 2.24) is 10.1 Å². The summed E-state index contributed by atoms with van der Waals surface area (Å²) >= 11 is 0. The van der Waals surface area contributed by atoms with Crippen molar-refractivity contribution in [3.63, 3.8) is 0 Å². The summed E-state index contributed by atoms with van der Waals surface area (Å²) in [6.07, 6.45) is 3.23. The van der Waals surface area contributed by atoms with E-state index in [1.807, 2.05) is 11.0 Å². The van der Waals surface area contributed by atoms with E-state index in [2.05, 4.69) is 25.9 Å². The van der Waals surface area contributed by atoms with Gasteiger partial charge in [-0.3, -0.25) is 4.79 Å². The molecule has 25 heavy (non-hydrogen) atoms. The summed E-state index contributed by atoms with van der Waals surface area (Å²) in [7, 11) is 0. The summed E-state index contributed by atoms with van der Waals surface area (Å²) in [5.74, 6) is 0.455. The molecule has 0 unspecified atom stereocenters. The van der Waals surface area contributed by atoms with Crippen molar-refractivity contribution in [1.29, 1.82) is 0 Å². The Balaban J connectivity index is 1.60. The summed E-state index contributed by atoms with van der Waals surface area (Å²) in [5, 5.41) is 13.9. The second-order valence-electron chi connectivity index (χ2n) is 8.74. The molecule has 1 aromatic carbocycles. The Labute approximate surface area is 147 Å². The Kier molecular flexibility index (Phi) is 3.46. The number of rotatable bonds is 2. The van der Waals surface area contributed by atoms with Gasteiger partial charge in [-0.2, -0.15) is 0 Å². The number of carbonyl (C=O) groups excluding carboxylic acids is 1. The zero-order chi connectivity index (χ0) is 17.8. The summed E-state index contributed by atoms with van der Waals surface area (Å²) in [4.78, 5) is 15.0. The minimum Gasteiger partial charge on any atom is -0.507 e. The fourth-order valence-electron chi connectivity index (χ4n) is 5.03. The standard InChI is InChI=1S/C20H24N2O3/c1-19(2)9-13-10-20(3,11-19)12-22(13)18(24)15-8-17(25-21-15)14-6-4-5-7-16(14)23/h4-8,13,23H,9-12H2,1-3H3/t13-,20+/m0/s1. The first-order valence-electron chi connectivity index (χ1n) is 8.83. The van der Waals surface area contributed by atoms with Gasteiger partial charge in [-0.05, 0) is 42.2 Å². The van der Waals surface area contributed by atoms with Crippen LogP contribution >= 0.6 is 0 Å². The van der Waals surface area contributed by atoms with Crippen LogP contribution in [0, 0.1) is 10.8 Å². The van der Waals surface area contributed by atoms with Crippen LogP contribution in [-0.2, 0) is 0 Å². The van der Waals surface area contributed by atoms with Crippen molar-refractivity contribution in [2.75, 3.05) is 6.54 Å². The number of nitrogens with zero attached hydrogens (tertiary/aromatic N) is 2. The van der Waals surface area contributed by atoms with Gasteiger partial charge in [0.25, 0.3) is 5.91 Å². The minimum atomic E-state index is -0.0724. The number of hydrogen-bond donors (Lipinski definition) is 1. The number of amides is 1. The Hall–Kier alpha value is -2.30. The molecule has 2 aromatic rings. The molecule has 132 valence electrons. The van der Waals surface area contributed by atoms with Gasteiger partial charge in [-0.1, -0.05) is 38.1 Å². The number of phenols is 1. The molecule has 1 saturated heterocycles. The van der Waals surface area contributed by atoms with Gasteiger partial charge in [0.2, 0.25) is 0 Å². The SMILES string of the molecule is CC1(C)C[C@H]2C[C@@](C)(CN2C(=O)c2cc(-c3ccccc3O)on2)C1. The van der Waals surface area contributed by atoms with Gasteiger partial charge in [-0.15, -0.1) is 0 Å². The van der Waals surface area contributed by atoms with Gasteiger partial charge in [0.15, 0.2) is 11.5 Å². The topological polar surface area (TPSA) is 66.6 Å². The fourth-order valence-corrected chi connectivity index (χ4v) is 5.03. The number of fused-ring (bicyclic) bond motifs is 2. The Morgan fingerprint density at radius 1 is 1.28 bits per heavy atom. The van der Waals surface area contributed by atoms with E-state index < -0.39 is 0 Å². The third kappa shape index (κ3) is 2.81. The highest BCUT2D eigenvalue weighted by Gasteiger charge is 2.51. The van der Waals surface area contributed by atoms with E-state index in [1.54, 1.807) is 24.3 Å². The maximum atomic E-state index is 13.0. The van der Waals surface area contributed by atoms with Gasteiger partial charge in [-0.25, -0.2) is 0 Å². The molecular weight excluding hydrogens is 316 g/mol. The molecule has 2 bridgehead atoms. The van der Waals surface area contributed by atoms with Crippen LogP contribution < -0.4 is 0 Å². The smallest absolute Gasteiger partial charge is 0.276 e.